The van der Waals surface area contributed by atoms with Crippen LogP contribution in [0.2, 0.25) is 0 Å². The third-order valence-corrected chi connectivity index (χ3v) is 1.94. The molecule has 0 saturated heterocycles. The molecular weight excluding hydrogens is 317 g/mol. The Bertz CT molecular complexity index is 328. The molecule has 0 N–H and O–H groups in total. The fourth-order valence-electron chi connectivity index (χ4n) is 0.804. The van der Waals surface area contributed by atoms with Crippen molar-refractivity contribution in [2.24, 2.45) is 0 Å². The van der Waals surface area contributed by atoms with Crippen LogP contribution < -0.4 is 4.74 Å². The van der Waals surface area contributed by atoms with E-state index in [4.69, 9.17) is 0 Å². The van der Waals surface area contributed by atoms with Crippen molar-refractivity contribution in [1.82, 2.24) is 4.98 Å². The first-order valence-electron chi connectivity index (χ1n) is 3.36. The Morgan fingerprint density at radius 2 is 2.07 bits per heavy atom. The SMILES string of the molecule is FCOc1cc(I)ncc1C(F)(F)F. The van der Waals surface area contributed by atoms with Gasteiger partial charge in [0.05, 0.1) is 0 Å². The van der Waals surface area contributed by atoms with Crippen molar-refractivity contribution in [3.05, 3.63) is 21.5 Å². The van der Waals surface area contributed by atoms with Crippen molar-refractivity contribution >= 4 is 22.6 Å². The van der Waals surface area contributed by atoms with Gasteiger partial charge in [-0.15, -0.1) is 0 Å². The number of aromatic nitrogens is 1. The van der Waals surface area contributed by atoms with Gasteiger partial charge < -0.3 is 4.74 Å². The molecule has 0 bridgehead atoms. The molecule has 1 aromatic heterocycles. The van der Waals surface area contributed by atoms with Crippen LogP contribution in [-0.4, -0.2) is 11.8 Å². The minimum Gasteiger partial charge on any atom is -0.462 e. The van der Waals surface area contributed by atoms with Crippen LogP contribution in [0.5, 0.6) is 5.75 Å². The summed E-state index contributed by atoms with van der Waals surface area (Å²) in [7, 11) is 0. The Kier molecular flexibility index (Phi) is 3.51. The molecule has 7 heteroatoms. The van der Waals surface area contributed by atoms with E-state index in [1.807, 2.05) is 0 Å². The van der Waals surface area contributed by atoms with Gasteiger partial charge in [0.25, 0.3) is 0 Å². The Morgan fingerprint density at radius 3 is 2.57 bits per heavy atom. The van der Waals surface area contributed by atoms with E-state index in [1.54, 1.807) is 22.6 Å². The highest BCUT2D eigenvalue weighted by atomic mass is 127. The van der Waals surface area contributed by atoms with Gasteiger partial charge in [-0.2, -0.15) is 13.2 Å². The number of hydrogen-bond acceptors (Lipinski definition) is 2. The van der Waals surface area contributed by atoms with Crippen LogP contribution in [0.15, 0.2) is 12.3 Å². The van der Waals surface area contributed by atoms with Crippen molar-refractivity contribution in [2.45, 2.75) is 6.18 Å². The lowest BCUT2D eigenvalue weighted by molar-refractivity contribution is -0.139. The molecule has 78 valence electrons. The number of halogens is 5. The van der Waals surface area contributed by atoms with Crippen molar-refractivity contribution < 1.29 is 22.3 Å². The minimum absolute atomic E-state index is 0.305. The average molecular weight is 321 g/mol. The third-order valence-electron chi connectivity index (χ3n) is 1.35. The Balaban J connectivity index is 3.15. The number of hydrogen-bond donors (Lipinski definition) is 0. The summed E-state index contributed by atoms with van der Waals surface area (Å²) in [4.78, 5) is 3.45. The number of rotatable bonds is 2. The van der Waals surface area contributed by atoms with Crippen molar-refractivity contribution in [3.63, 3.8) is 0 Å². The first-order valence-corrected chi connectivity index (χ1v) is 4.44. The molecule has 0 atom stereocenters. The molecular formula is C7H4F4INO. The van der Waals surface area contributed by atoms with Crippen LogP contribution >= 0.6 is 22.6 Å². The monoisotopic (exact) mass is 321 g/mol. The number of alkyl halides is 4. The first kappa shape index (κ1) is 11.5. The summed E-state index contributed by atoms with van der Waals surface area (Å²) in [5.41, 5.74) is -1.07. The predicted octanol–water partition coefficient (Wildman–Crippen LogP) is 3.01. The molecule has 0 radical (unpaired) electrons. The molecule has 2 nitrogen and oxygen atoms in total. The van der Waals surface area contributed by atoms with E-state index in [1.165, 1.54) is 0 Å². The quantitative estimate of drug-likeness (QED) is 0.475. The minimum atomic E-state index is -4.58. The predicted molar refractivity (Wildman–Crippen MR) is 48.6 cm³/mol. The number of nitrogens with zero attached hydrogens (tertiary/aromatic N) is 1. The maximum Gasteiger partial charge on any atom is 0.421 e. The average Bonchev–Trinajstić information content (AvgIpc) is 2.02. The van der Waals surface area contributed by atoms with E-state index >= 15 is 0 Å². The lowest BCUT2D eigenvalue weighted by atomic mass is 10.2. The van der Waals surface area contributed by atoms with Gasteiger partial charge in [-0.05, 0) is 22.6 Å². The topological polar surface area (TPSA) is 22.1 Å². The molecule has 0 saturated carbocycles. The maximum absolute atomic E-state index is 12.3. The van der Waals surface area contributed by atoms with Crippen molar-refractivity contribution in [3.8, 4) is 5.75 Å². The van der Waals surface area contributed by atoms with Crippen LogP contribution in [0.1, 0.15) is 5.56 Å². The van der Waals surface area contributed by atoms with Gasteiger partial charge >= 0.3 is 6.18 Å². The highest BCUT2D eigenvalue weighted by molar-refractivity contribution is 14.1. The van der Waals surface area contributed by atoms with E-state index in [0.29, 0.717) is 9.90 Å². The normalized spacial score (nSPS) is 11.5. The largest absolute Gasteiger partial charge is 0.462 e. The van der Waals surface area contributed by atoms with Gasteiger partial charge in [-0.1, -0.05) is 0 Å². The Labute approximate surface area is 90.4 Å². The van der Waals surface area contributed by atoms with E-state index in [9.17, 15) is 17.6 Å². The molecule has 0 amide bonds. The molecule has 1 rings (SSSR count). The van der Waals surface area contributed by atoms with Crippen molar-refractivity contribution in [2.75, 3.05) is 6.86 Å². The maximum atomic E-state index is 12.3. The van der Waals surface area contributed by atoms with Gasteiger partial charge in [0.1, 0.15) is 15.0 Å². The second-order valence-corrected chi connectivity index (χ2v) is 3.36. The molecule has 0 fully saturated rings. The fraction of sp³-hybridized carbons (Fsp3) is 0.286. The second kappa shape index (κ2) is 4.28. The van der Waals surface area contributed by atoms with Crippen molar-refractivity contribution in [1.29, 1.82) is 0 Å². The Hall–Kier alpha value is -0.600. The zero-order chi connectivity index (χ0) is 10.8. The zero-order valence-corrected chi connectivity index (χ0v) is 8.76. The molecule has 0 spiro atoms. The summed E-state index contributed by atoms with van der Waals surface area (Å²) in [6.07, 6.45) is -3.96. The highest BCUT2D eigenvalue weighted by Crippen LogP contribution is 2.36. The van der Waals surface area contributed by atoms with E-state index in [2.05, 4.69) is 9.72 Å². The standard InChI is InChI=1S/C7H4F4INO/c8-3-14-5-1-6(12)13-2-4(5)7(9,10)11/h1-2H,3H2. The molecule has 0 aromatic carbocycles. The van der Waals surface area contributed by atoms with Gasteiger partial charge in [0.2, 0.25) is 6.86 Å². The second-order valence-electron chi connectivity index (χ2n) is 2.25. The van der Waals surface area contributed by atoms with E-state index < -0.39 is 24.3 Å². The van der Waals surface area contributed by atoms with Crippen LogP contribution in [-0.2, 0) is 6.18 Å². The third kappa shape index (κ3) is 2.69. The zero-order valence-electron chi connectivity index (χ0n) is 6.61. The summed E-state index contributed by atoms with van der Waals surface area (Å²) in [5, 5.41) is 0. The van der Waals surface area contributed by atoms with Gasteiger partial charge in [-0.25, -0.2) is 9.37 Å². The van der Waals surface area contributed by atoms with Gasteiger partial charge in [-0.3, -0.25) is 0 Å². The molecule has 0 aliphatic rings. The highest BCUT2D eigenvalue weighted by Gasteiger charge is 2.35. The van der Waals surface area contributed by atoms with Crippen LogP contribution in [0.3, 0.4) is 0 Å². The smallest absolute Gasteiger partial charge is 0.421 e. The van der Waals surface area contributed by atoms with Gasteiger partial charge in [0, 0.05) is 12.3 Å². The lowest BCUT2D eigenvalue weighted by Gasteiger charge is -2.11. The van der Waals surface area contributed by atoms with Crippen LogP contribution in [0.25, 0.3) is 0 Å². The molecule has 1 aromatic rings. The summed E-state index contributed by atoms with van der Waals surface area (Å²) in [6.45, 7) is -1.30. The number of ether oxygens (including phenoxy) is 1. The molecule has 14 heavy (non-hydrogen) atoms. The summed E-state index contributed by atoms with van der Waals surface area (Å²) in [6, 6.07) is 1.03. The molecule has 0 aliphatic carbocycles. The van der Waals surface area contributed by atoms with E-state index in [0.717, 1.165) is 6.07 Å². The molecule has 1 heterocycles. The summed E-state index contributed by atoms with van der Waals surface area (Å²) in [5.74, 6) is -0.542. The molecule has 0 aliphatic heterocycles. The first-order chi connectivity index (χ1) is 6.45. The molecule has 0 unspecified atom stereocenters. The summed E-state index contributed by atoms with van der Waals surface area (Å²) >= 11 is 1.71. The Morgan fingerprint density at radius 1 is 1.43 bits per heavy atom. The summed E-state index contributed by atoms with van der Waals surface area (Å²) < 4.78 is 53.1. The van der Waals surface area contributed by atoms with Gasteiger partial charge in [0.15, 0.2) is 0 Å². The van der Waals surface area contributed by atoms with Crippen LogP contribution in [0.4, 0.5) is 17.6 Å². The van der Waals surface area contributed by atoms with E-state index in [-0.39, 0.29) is 0 Å². The fourth-order valence-corrected chi connectivity index (χ4v) is 1.23. The number of pyridine rings is 1. The lowest BCUT2D eigenvalue weighted by Crippen LogP contribution is -2.09. The van der Waals surface area contributed by atoms with Crippen LogP contribution in [0, 0.1) is 3.70 Å².